The molecule has 0 radical (unpaired) electrons. The Balaban J connectivity index is -0.000000100. The Morgan fingerprint density at radius 3 is 0.880 bits per heavy atom. The SMILES string of the molecule is CC(O)C(C)O.CC(O)CC(C)O.CC(O)CCC(C)O.CC(O)CCCCO.CC(O)CCO.CC(O)CO.CCC(O)CO.CCCCC(O)CO.CCCCCCC(O)CO.NCCCC(CO)CO.O=C1C(O)=C(c2ccccc2)Cc2cc(O)cc(O)c21.OCC1OCCC1O.OCCCCCCCCO.OCCCCCCCO.OCCCCCCO.OCCCCCO.OCCCCO.OCCCO.OCCO. The highest BCUT2D eigenvalue weighted by molar-refractivity contribution is 6.16. The molecule has 1 heterocycles. The number of hydrogen-bond donors (Lipinski definition) is 40. The zero-order valence-corrected chi connectivity index (χ0v) is 94.2. The second-order valence-electron chi connectivity index (χ2n) is 35.4. The number of phenols is 2. The van der Waals surface area contributed by atoms with Gasteiger partial charge in [-0.05, 0) is 247 Å². The molecule has 0 saturated carbocycles. The van der Waals surface area contributed by atoms with Crippen LogP contribution in [0.3, 0.4) is 0 Å². The summed E-state index contributed by atoms with van der Waals surface area (Å²) in [5.74, 6) is -1.37. The number of carbonyl (C=O) groups is 1. The van der Waals surface area contributed by atoms with Gasteiger partial charge in [-0.3, -0.25) is 4.79 Å². The van der Waals surface area contributed by atoms with Crippen molar-refractivity contribution in [1.82, 2.24) is 0 Å². The predicted octanol–water partition coefficient (Wildman–Crippen LogP) is 3.89. The smallest absolute Gasteiger partial charge is 0.231 e. The average Bonchev–Trinajstić information content (AvgIpc) is 0.857. The first-order valence-electron chi connectivity index (χ1n) is 54.0. The van der Waals surface area contributed by atoms with Crippen LogP contribution in [0.5, 0.6) is 11.5 Å². The summed E-state index contributed by atoms with van der Waals surface area (Å²) in [5, 5.41) is 329. The highest BCUT2D eigenvalue weighted by Gasteiger charge is 2.30. The third-order valence-corrected chi connectivity index (χ3v) is 19.4. The van der Waals surface area contributed by atoms with Crippen LogP contribution in [-0.4, -0.2) is 456 Å². The third-order valence-electron chi connectivity index (χ3n) is 19.4. The number of aliphatic hydroxyl groups excluding tert-OH is 37. The van der Waals surface area contributed by atoms with Gasteiger partial charge in [0.05, 0.1) is 131 Å². The van der Waals surface area contributed by atoms with E-state index in [4.69, 9.17) is 194 Å². The second-order valence-corrected chi connectivity index (χ2v) is 35.4. The van der Waals surface area contributed by atoms with E-state index in [-0.39, 0.29) is 203 Å². The molecule has 42 heteroatoms. The Hall–Kier alpha value is -4.27. The van der Waals surface area contributed by atoms with E-state index in [1.807, 2.05) is 25.1 Å². The van der Waals surface area contributed by atoms with Gasteiger partial charge in [-0.15, -0.1) is 0 Å². The number of phenolic OH excluding ortho intramolecular Hbond substituents is 2. The summed E-state index contributed by atoms with van der Waals surface area (Å²) in [6, 6.07) is 11.6. The van der Waals surface area contributed by atoms with Gasteiger partial charge in [0.25, 0.3) is 0 Å². The van der Waals surface area contributed by atoms with E-state index in [1.54, 1.807) is 67.5 Å². The fourth-order valence-electron chi connectivity index (χ4n) is 10.2. The van der Waals surface area contributed by atoms with Gasteiger partial charge in [-0.25, -0.2) is 0 Å². The monoisotopic (exact) mass is 2200 g/mol. The van der Waals surface area contributed by atoms with Gasteiger partial charge in [0, 0.05) is 136 Å². The van der Waals surface area contributed by atoms with E-state index in [9.17, 15) is 20.1 Å². The molecule has 0 amide bonds. The molecule has 0 spiro atoms. The molecule has 914 valence electrons. The lowest BCUT2D eigenvalue weighted by atomic mass is 9.85. The van der Waals surface area contributed by atoms with Crippen molar-refractivity contribution in [2.75, 3.05) is 165 Å². The number of hydrogen-bond acceptors (Lipinski definition) is 42. The Kier molecular flexibility index (Phi) is 185. The standard InChI is InChI=1S/C16H12O4.2C8H18O2.C7H16O2.C6H15NO2.4C6H14O2.C5H10O3.2C5H12O2.4C4H10O2.2C3H8O2.C2H6O2/c17-11-6-10-7-12(9-4-2-1-3-5-9)15(19)16(20)14(10)13(18)8-11;1-2-3-4-5-6-8(10)7-9;9-7-5-3-1-2-4-6-8-10;8-6-4-2-1-3-5-7-9;7-3-1-2-6(4-8)5-9;1-5(7)3-4-6(2)8;1-6(8)4-2-3-5-7;1-2-3-4-6(8)5-7;7-5-3-1-2-4-6-8;6-3-5-4(7)1-2-8-5;1-4(6)3-5(2)7;6-4-2-1-3-5-7;1-4(6)2-3-5;1-3(5)4(2)6;1-2-4(6)3-5;5-3-1-2-4-6;1-3(5)2-4;4-2-1-3-5;3-1-2-4/h1-6,8,17-19H,7H2;8-10H,2-7H2,1H3;9-10H,1-8H2;8-9H,1-7H2;6,8-9H,1-5,7H2;5-8H,3-4H2,1-2H3;2*6-8H,2-5H2,1H3;7-8H,1-6H2;4-7H,1-3H2;4-7H,3H2,1-2H3;6-7H,1-5H2;4-6H,2-3H2,1H3;3-6H,1-2H3;4-6H,2-3H2,1H3;5-6H,1-4H2;3-5H,2H2,1H3;4-5H,1-3H2;3-4H,1-2H2. The summed E-state index contributed by atoms with van der Waals surface area (Å²) in [5.41, 5.74) is 7.02. The van der Waals surface area contributed by atoms with E-state index >= 15 is 0 Å². The molecule has 0 bridgehead atoms. The first-order valence-corrected chi connectivity index (χ1v) is 54.0. The van der Waals surface area contributed by atoms with Gasteiger partial charge in [-0.1, -0.05) is 147 Å². The number of benzene rings is 2. The second kappa shape index (κ2) is 155. The summed E-state index contributed by atoms with van der Waals surface area (Å²) in [4.78, 5) is 12.2. The summed E-state index contributed by atoms with van der Waals surface area (Å²) >= 11 is 0. The van der Waals surface area contributed by atoms with E-state index in [1.165, 1.54) is 45.1 Å². The molecule has 0 aromatic heterocycles. The van der Waals surface area contributed by atoms with E-state index in [0.717, 1.165) is 191 Å². The molecule has 2 aromatic rings. The molecule has 1 fully saturated rings. The zero-order valence-electron chi connectivity index (χ0n) is 94.2. The average molecular weight is 2200 g/mol. The summed E-state index contributed by atoms with van der Waals surface area (Å²) in [6.45, 7) is 24.6. The molecule has 4 rings (SSSR count). The van der Waals surface area contributed by atoms with Crippen molar-refractivity contribution in [3.8, 4) is 11.5 Å². The first kappa shape index (κ1) is 179. The number of fused-ring (bicyclic) bond motifs is 1. The van der Waals surface area contributed by atoms with Crippen molar-refractivity contribution in [2.45, 2.75) is 432 Å². The number of ether oxygens (including phenoxy) is 1. The largest absolute Gasteiger partial charge is 0.508 e. The summed E-state index contributed by atoms with van der Waals surface area (Å²) in [7, 11) is 0. The quantitative estimate of drug-likeness (QED) is 0.0418. The first-order chi connectivity index (χ1) is 71.3. The Bertz CT molecular complexity index is 2610. The maximum atomic E-state index is 12.2. The molecule has 14 atom stereocenters. The third kappa shape index (κ3) is 177. The van der Waals surface area contributed by atoms with Crippen molar-refractivity contribution in [1.29, 1.82) is 0 Å². The Labute approximate surface area is 901 Å². The molecule has 2 aliphatic rings. The number of ketones is 1. The summed E-state index contributed by atoms with van der Waals surface area (Å²) in [6.07, 6.45) is 30.5. The van der Waals surface area contributed by atoms with Crippen LogP contribution in [0.15, 0.2) is 48.2 Å². The van der Waals surface area contributed by atoms with Crippen LogP contribution in [0.2, 0.25) is 0 Å². The van der Waals surface area contributed by atoms with Gasteiger partial charge in [0.1, 0.15) is 17.6 Å². The van der Waals surface area contributed by atoms with Crippen LogP contribution in [0.1, 0.15) is 361 Å². The van der Waals surface area contributed by atoms with Crippen molar-refractivity contribution in [3.63, 3.8) is 0 Å². The molecule has 2 aromatic carbocycles. The molecular formula is C108H231NO41. The van der Waals surface area contributed by atoms with Gasteiger partial charge in [-0.2, -0.15) is 0 Å². The molecule has 150 heavy (non-hydrogen) atoms. The molecule has 1 aliphatic carbocycles. The lowest BCUT2D eigenvalue weighted by Gasteiger charge is -2.20. The number of rotatable bonds is 60. The van der Waals surface area contributed by atoms with Gasteiger partial charge >= 0.3 is 0 Å². The lowest BCUT2D eigenvalue weighted by Crippen LogP contribution is -2.24. The highest BCUT2D eigenvalue weighted by Crippen LogP contribution is 2.38. The van der Waals surface area contributed by atoms with Crippen LogP contribution in [0.25, 0.3) is 5.57 Å². The van der Waals surface area contributed by atoms with Crippen LogP contribution < -0.4 is 5.73 Å². The number of aliphatic hydroxyl groups is 37. The van der Waals surface area contributed by atoms with Gasteiger partial charge < -0.3 is 210 Å². The highest BCUT2D eigenvalue weighted by atomic mass is 16.5. The number of allylic oxidation sites excluding steroid dienone is 2. The molecule has 42 nitrogen and oxygen atoms in total. The van der Waals surface area contributed by atoms with Crippen molar-refractivity contribution >= 4 is 11.4 Å². The summed E-state index contributed by atoms with van der Waals surface area (Å²) < 4.78 is 4.91. The van der Waals surface area contributed by atoms with Crippen LogP contribution >= 0.6 is 0 Å². The maximum absolute atomic E-state index is 12.2. The van der Waals surface area contributed by atoms with Gasteiger partial charge in [0.2, 0.25) is 5.78 Å². The minimum Gasteiger partial charge on any atom is -0.508 e. The number of unbranched alkanes of at least 4 members (excludes halogenated alkanes) is 20. The Morgan fingerprint density at radius 1 is 0.327 bits per heavy atom. The minimum absolute atomic E-state index is 0.0357. The molecule has 41 N–H and O–H groups in total. The zero-order chi connectivity index (χ0) is 119. The minimum atomic E-state index is -0.623. The van der Waals surface area contributed by atoms with Gasteiger partial charge in [0.15, 0.2) is 5.76 Å². The topological polar surface area (TPSA) is 841 Å². The van der Waals surface area contributed by atoms with E-state index < -0.39 is 48.5 Å². The molecule has 14 unspecified atom stereocenters. The lowest BCUT2D eigenvalue weighted by molar-refractivity contribution is 0.00405. The normalized spacial score (nSPS) is 14.3. The van der Waals surface area contributed by atoms with E-state index in [0.29, 0.717) is 95.7 Å². The van der Waals surface area contributed by atoms with Crippen molar-refractivity contribution in [3.05, 3.63) is 64.9 Å². The molecule has 1 aliphatic heterocycles. The number of aromatic hydroxyl groups is 2. The van der Waals surface area contributed by atoms with Crippen molar-refractivity contribution < 1.29 is 209 Å². The fourth-order valence-corrected chi connectivity index (χ4v) is 10.2. The van der Waals surface area contributed by atoms with Crippen LogP contribution in [0.4, 0.5) is 0 Å². The van der Waals surface area contributed by atoms with E-state index in [2.05, 4.69) is 13.8 Å². The number of nitrogens with two attached hydrogens (primary N) is 1. The predicted molar refractivity (Wildman–Crippen MR) is 590 cm³/mol. The van der Waals surface area contributed by atoms with Crippen LogP contribution in [0, 0.1) is 5.92 Å². The van der Waals surface area contributed by atoms with Crippen LogP contribution in [-0.2, 0) is 11.2 Å². The number of Topliss-reactive ketones (excluding diaryl/α,β-unsaturated/α-hetero) is 1. The van der Waals surface area contributed by atoms with Crippen molar-refractivity contribution in [2.24, 2.45) is 11.7 Å². The molecule has 1 saturated heterocycles. The Morgan fingerprint density at radius 2 is 0.647 bits per heavy atom. The number of carbonyl (C=O) groups excluding carboxylic acids is 1. The fraction of sp³-hybridized carbons (Fsp3) is 0.861. The maximum Gasteiger partial charge on any atom is 0.231 e. The molecular weight excluding hydrogens is 1970 g/mol.